The second-order valence-electron chi connectivity index (χ2n) is 2.24. The van der Waals surface area contributed by atoms with Crippen molar-refractivity contribution in [1.29, 1.82) is 0 Å². The van der Waals surface area contributed by atoms with Crippen molar-refractivity contribution in [3.8, 4) is 0 Å². The van der Waals surface area contributed by atoms with E-state index in [2.05, 4.69) is 42.3 Å². The van der Waals surface area contributed by atoms with Crippen LogP contribution in [0, 0.1) is 0 Å². The quantitative estimate of drug-likeness (QED) is 0.658. The summed E-state index contributed by atoms with van der Waals surface area (Å²) in [7, 11) is 0. The molecule has 0 N–H and O–H groups in total. The Balaban J connectivity index is 2.97. The molecule has 0 saturated carbocycles. The Morgan fingerprint density at radius 3 is 3.00 bits per heavy atom. The fourth-order valence-corrected chi connectivity index (χ4v) is 2.05. The van der Waals surface area contributed by atoms with Crippen molar-refractivity contribution in [3.63, 3.8) is 0 Å². The van der Waals surface area contributed by atoms with E-state index >= 15 is 0 Å². The molecule has 0 aliphatic carbocycles. The maximum absolute atomic E-state index is 5.86. The number of fused-ring (bicyclic) bond motifs is 1. The van der Waals surface area contributed by atoms with Crippen LogP contribution in [0.3, 0.4) is 0 Å². The van der Waals surface area contributed by atoms with Crippen LogP contribution in [0.5, 0.6) is 0 Å². The monoisotopic (exact) mass is 257 g/mol. The van der Waals surface area contributed by atoms with Crippen LogP contribution in [0.15, 0.2) is 17.0 Å². The maximum atomic E-state index is 5.86. The van der Waals surface area contributed by atoms with E-state index in [1.165, 1.54) is 6.33 Å². The van der Waals surface area contributed by atoms with Crippen molar-refractivity contribution in [2.24, 2.45) is 0 Å². The van der Waals surface area contributed by atoms with E-state index in [1.807, 2.05) is 6.20 Å². The molecular formula is C6H2AlBrClN3. The molecule has 2 radical (unpaired) electrons. The summed E-state index contributed by atoms with van der Waals surface area (Å²) in [6.45, 7) is 0. The number of rotatable bonds is 0. The highest BCUT2D eigenvalue weighted by Gasteiger charge is 2.07. The van der Waals surface area contributed by atoms with E-state index in [4.69, 9.17) is 11.6 Å². The van der Waals surface area contributed by atoms with E-state index in [9.17, 15) is 0 Å². The predicted molar refractivity (Wildman–Crippen MR) is 51.1 cm³/mol. The number of aromatic nitrogens is 3. The van der Waals surface area contributed by atoms with Gasteiger partial charge in [-0.3, -0.25) is 0 Å². The van der Waals surface area contributed by atoms with Gasteiger partial charge >= 0.3 is 0 Å². The minimum absolute atomic E-state index is 0.450. The molecule has 2 rings (SSSR count). The van der Waals surface area contributed by atoms with Crippen LogP contribution in [-0.4, -0.2) is 30.9 Å². The summed E-state index contributed by atoms with van der Waals surface area (Å²) in [6, 6.07) is 0. The molecule has 0 aliphatic heterocycles. The first-order valence-electron chi connectivity index (χ1n) is 3.13. The molecule has 2 aromatic rings. The van der Waals surface area contributed by atoms with Crippen LogP contribution in [-0.2, 0) is 0 Å². The van der Waals surface area contributed by atoms with E-state index in [0.29, 0.717) is 5.15 Å². The number of hydrogen-bond acceptors (Lipinski definition) is 2. The minimum Gasteiger partial charge on any atom is -0.237 e. The van der Waals surface area contributed by atoms with Crippen molar-refractivity contribution < 1.29 is 0 Å². The smallest absolute Gasteiger partial charge is 0.180 e. The first-order chi connectivity index (χ1) is 5.70. The molecule has 3 nitrogen and oxygen atoms in total. The highest BCUT2D eigenvalue weighted by Crippen LogP contribution is 2.21. The molecule has 12 heavy (non-hydrogen) atoms. The molecular weight excluding hydrogens is 256 g/mol. The van der Waals surface area contributed by atoms with E-state index < -0.39 is 0 Å². The lowest BCUT2D eigenvalue weighted by molar-refractivity contribution is 0.904. The molecule has 0 fully saturated rings. The minimum atomic E-state index is 0.450. The summed E-state index contributed by atoms with van der Waals surface area (Å²) in [4.78, 5) is 3.88. The van der Waals surface area contributed by atoms with Crippen LogP contribution in [0.2, 0.25) is 5.15 Å². The average molecular weight is 258 g/mol. The zero-order chi connectivity index (χ0) is 8.72. The molecule has 58 valence electrons. The Labute approximate surface area is 90.3 Å². The van der Waals surface area contributed by atoms with Gasteiger partial charge in [-0.15, -0.1) is 4.43 Å². The fraction of sp³-hybridized carbons (Fsp3) is 0. The first-order valence-corrected chi connectivity index (χ1v) is 4.88. The number of halogens is 2. The van der Waals surface area contributed by atoms with E-state index in [-0.39, 0.29) is 0 Å². The second-order valence-corrected chi connectivity index (χ2v) is 4.02. The predicted octanol–water partition coefficient (Wildman–Crippen LogP) is 0.939. The SMILES string of the molecule is [Al][c]1cn2ncnc(Cl)c2c1Br. The highest BCUT2D eigenvalue weighted by molar-refractivity contribution is 9.10. The van der Waals surface area contributed by atoms with Crippen LogP contribution in [0.4, 0.5) is 0 Å². The molecule has 0 amide bonds. The van der Waals surface area contributed by atoms with Gasteiger partial charge in [0.2, 0.25) is 0 Å². The van der Waals surface area contributed by atoms with Gasteiger partial charge in [0.05, 0.1) is 0 Å². The average Bonchev–Trinajstić information content (AvgIpc) is 2.29. The van der Waals surface area contributed by atoms with Gasteiger partial charge in [0.25, 0.3) is 0 Å². The maximum Gasteiger partial charge on any atom is 0.180 e. The summed E-state index contributed by atoms with van der Waals surface area (Å²) >= 11 is 11.8. The molecule has 0 bridgehead atoms. The van der Waals surface area contributed by atoms with Gasteiger partial charge in [0, 0.05) is 10.7 Å². The Morgan fingerprint density at radius 2 is 2.33 bits per heavy atom. The normalized spacial score (nSPS) is 10.8. The summed E-state index contributed by atoms with van der Waals surface area (Å²) < 4.78 is 3.61. The van der Waals surface area contributed by atoms with Gasteiger partial charge in [-0.2, -0.15) is 5.10 Å². The fourth-order valence-electron chi connectivity index (χ4n) is 0.960. The van der Waals surface area contributed by atoms with Gasteiger partial charge in [0.1, 0.15) is 11.8 Å². The third-order valence-corrected chi connectivity index (χ3v) is 3.46. The standard InChI is InChI=1S/C6H2BrClN3.Al/c7-4-1-2-11-5(4)6(8)9-3-10-11;/h2-3H;. The van der Waals surface area contributed by atoms with Crippen LogP contribution in [0.1, 0.15) is 0 Å². The van der Waals surface area contributed by atoms with Crippen molar-refractivity contribution in [1.82, 2.24) is 14.6 Å². The molecule has 0 spiro atoms. The molecule has 0 aromatic carbocycles. The molecule has 2 heterocycles. The van der Waals surface area contributed by atoms with Gasteiger partial charge in [-0.1, -0.05) is 11.6 Å². The summed E-state index contributed by atoms with van der Waals surface area (Å²) in [5, 5.41) is 4.45. The van der Waals surface area contributed by atoms with Crippen molar-refractivity contribution in [3.05, 3.63) is 22.1 Å². The largest absolute Gasteiger partial charge is 0.237 e. The summed E-state index contributed by atoms with van der Waals surface area (Å²) in [6.07, 6.45) is 3.28. The van der Waals surface area contributed by atoms with Crippen LogP contribution < -0.4 is 4.43 Å². The second kappa shape index (κ2) is 3.00. The molecule has 0 unspecified atom stereocenters. The molecule has 0 atom stereocenters. The number of hydrogen-bond donors (Lipinski definition) is 0. The Hall–Kier alpha value is -0.0775. The van der Waals surface area contributed by atoms with Crippen LogP contribution in [0.25, 0.3) is 5.52 Å². The zero-order valence-electron chi connectivity index (χ0n) is 5.83. The van der Waals surface area contributed by atoms with Crippen molar-refractivity contribution >= 4 is 53.8 Å². The molecule has 0 aliphatic rings. The Kier molecular flexibility index (Phi) is 2.13. The Morgan fingerprint density at radius 1 is 1.58 bits per heavy atom. The lowest BCUT2D eigenvalue weighted by Crippen LogP contribution is -1.97. The highest BCUT2D eigenvalue weighted by atomic mass is 79.9. The number of nitrogens with zero attached hydrogens (tertiary/aromatic N) is 3. The topological polar surface area (TPSA) is 30.2 Å². The molecule has 6 heteroatoms. The lowest BCUT2D eigenvalue weighted by atomic mass is 10.5. The van der Waals surface area contributed by atoms with E-state index in [1.54, 1.807) is 4.52 Å². The third kappa shape index (κ3) is 1.18. The van der Waals surface area contributed by atoms with Crippen molar-refractivity contribution in [2.75, 3.05) is 0 Å². The third-order valence-electron chi connectivity index (χ3n) is 1.49. The lowest BCUT2D eigenvalue weighted by Gasteiger charge is -1.94. The summed E-state index contributed by atoms with van der Waals surface area (Å²) in [5.74, 6) is 0. The van der Waals surface area contributed by atoms with Gasteiger partial charge < -0.3 is 0 Å². The zero-order valence-corrected chi connectivity index (χ0v) is 9.33. The van der Waals surface area contributed by atoms with Gasteiger partial charge in [-0.05, 0) is 15.9 Å². The van der Waals surface area contributed by atoms with Crippen molar-refractivity contribution in [2.45, 2.75) is 0 Å². The first kappa shape index (κ1) is 8.52. The molecule has 2 aromatic heterocycles. The van der Waals surface area contributed by atoms with Gasteiger partial charge in [0.15, 0.2) is 21.4 Å². The Bertz CT molecular complexity index is 442. The molecule has 0 saturated heterocycles. The van der Waals surface area contributed by atoms with E-state index in [0.717, 1.165) is 14.4 Å². The van der Waals surface area contributed by atoms with Crippen LogP contribution >= 0.6 is 27.5 Å². The van der Waals surface area contributed by atoms with Gasteiger partial charge in [-0.25, -0.2) is 9.50 Å². The summed E-state index contributed by atoms with van der Waals surface area (Å²) in [5.41, 5.74) is 0.796.